The highest BCUT2D eigenvalue weighted by Gasteiger charge is 2.32. The third-order valence-electron chi connectivity index (χ3n) is 13.6. The van der Waals surface area contributed by atoms with Gasteiger partial charge >= 0.3 is 0 Å². The average molecular weight is 744 g/mol. The van der Waals surface area contributed by atoms with Gasteiger partial charge in [0.25, 0.3) is 0 Å². The molecule has 0 N–H and O–H groups in total. The molecular weight excluding hydrogens is 707 g/mol. The quantitative estimate of drug-likeness (QED) is 0.165. The first-order valence-corrected chi connectivity index (χ1v) is 20.7. The minimum atomic E-state index is 0.637. The van der Waals surface area contributed by atoms with Crippen LogP contribution in [0, 0.1) is 0 Å². The van der Waals surface area contributed by atoms with Gasteiger partial charge in [-0.15, -0.1) is 21.9 Å². The normalized spacial score (nSPS) is 11.8. The monoisotopic (exact) mass is 745 g/mol. The molecule has 14 heteroatoms. The van der Waals surface area contributed by atoms with Gasteiger partial charge < -0.3 is 4.42 Å². The van der Waals surface area contributed by atoms with Crippen LogP contribution in [0.15, 0.2) is 114 Å². The minimum absolute atomic E-state index is 0.637. The van der Waals surface area contributed by atoms with Crippen LogP contribution in [0.5, 0.6) is 0 Å². The molecule has 1 aliphatic heterocycles. The molecule has 0 radical (unpaired) electrons. The number of nitrogens with zero attached hydrogens (tertiary/aromatic N) is 3. The van der Waals surface area contributed by atoms with Crippen LogP contribution in [0.25, 0.3) is 89.5 Å². The van der Waals surface area contributed by atoms with E-state index in [0.29, 0.717) is 17.5 Å². The second-order valence-corrected chi connectivity index (χ2v) is 16.6. The van der Waals surface area contributed by atoms with E-state index >= 15 is 0 Å². The molecule has 0 bridgehead atoms. The fraction of sp³-hybridized carbons (Fsp3) is 0. The lowest BCUT2D eigenvalue weighted by Gasteiger charge is -2.24. The number of aromatic nitrogens is 3. The molecule has 4 nitrogen and oxygen atoms in total. The first-order valence-electron chi connectivity index (χ1n) is 20.7. The van der Waals surface area contributed by atoms with Crippen LogP contribution < -0.4 is 60.1 Å². The summed E-state index contributed by atoms with van der Waals surface area (Å²) in [6.07, 6.45) is 0. The zero-order valence-corrected chi connectivity index (χ0v) is 35.3. The molecule has 0 atom stereocenters. The molecule has 0 amide bonds. The predicted molar refractivity (Wildman–Crippen MR) is 280 cm³/mol. The average Bonchev–Trinajstić information content (AvgIpc) is 3.59. The molecule has 59 heavy (non-hydrogen) atoms. The van der Waals surface area contributed by atoms with Crippen LogP contribution in [0.4, 0.5) is 0 Å². The van der Waals surface area contributed by atoms with Crippen LogP contribution in [-0.2, 0) is 0 Å². The molecule has 0 saturated heterocycles. The summed E-state index contributed by atoms with van der Waals surface area (Å²) in [6.45, 7) is 0. The maximum absolute atomic E-state index is 7.11. The standard InChI is InChI=1S/C45H37B10N3O/c46-30-25-26-28-40(55-39-27(25)31(47)33(49)34(50)36(39)52)37(53)35(51)38(54)42(28)59-41(26)32(48)29(30)45-57-43(23-9-5-2-6-10-23)56-44(58-45)24-17-15-22(16-18-24)21-13-11-20(12-14-21)19-7-3-1-4-8-19/h1-18,55H,46-54H2. The molecule has 0 aliphatic carbocycles. The number of rotatable bonds is 5. The third-order valence-corrected chi connectivity index (χ3v) is 13.6. The maximum Gasteiger partial charge on any atom is 0.192 e. The van der Waals surface area contributed by atoms with Crippen molar-refractivity contribution in [2.24, 2.45) is 0 Å². The van der Waals surface area contributed by atoms with Crippen molar-refractivity contribution >= 4 is 160 Å². The highest BCUT2D eigenvalue weighted by atomic mass is 16.3. The first kappa shape index (κ1) is 37.3. The van der Waals surface area contributed by atoms with Gasteiger partial charge in [0, 0.05) is 27.5 Å². The maximum atomic E-state index is 7.11. The molecule has 9 aromatic rings. The highest BCUT2D eigenvalue weighted by Crippen LogP contribution is 2.36. The van der Waals surface area contributed by atoms with Crippen molar-refractivity contribution in [3.63, 3.8) is 0 Å². The summed E-state index contributed by atoms with van der Waals surface area (Å²) in [7, 11) is 21.2. The van der Waals surface area contributed by atoms with Crippen LogP contribution in [0.2, 0.25) is 0 Å². The second kappa shape index (κ2) is 14.1. The minimum Gasteiger partial charge on any atom is -0.457 e. The van der Waals surface area contributed by atoms with Gasteiger partial charge in [-0.1, -0.05) is 142 Å². The Hall–Kier alpha value is -6.00. The number of fused-ring (bicyclic) bond motifs is 2. The van der Waals surface area contributed by atoms with Crippen LogP contribution in [-0.4, -0.2) is 92.8 Å². The molecule has 3 heterocycles. The molecule has 2 aromatic heterocycles. The van der Waals surface area contributed by atoms with Crippen molar-refractivity contribution in [2.45, 2.75) is 0 Å². The molecule has 268 valence electrons. The van der Waals surface area contributed by atoms with Crippen molar-refractivity contribution in [1.82, 2.24) is 15.0 Å². The Balaban J connectivity index is 1.20. The lowest BCUT2D eigenvalue weighted by atomic mass is 9.49. The van der Waals surface area contributed by atoms with Crippen molar-refractivity contribution < 1.29 is 4.42 Å². The molecule has 0 unspecified atom stereocenters. The summed E-state index contributed by atoms with van der Waals surface area (Å²) >= 11 is 0. The lowest BCUT2D eigenvalue weighted by Crippen LogP contribution is -2.60. The van der Waals surface area contributed by atoms with Gasteiger partial charge in [0.15, 0.2) is 24.8 Å². The molecule has 0 spiro atoms. The van der Waals surface area contributed by atoms with Gasteiger partial charge in [-0.2, -0.15) is 0 Å². The number of furan rings is 1. The van der Waals surface area contributed by atoms with E-state index in [4.69, 9.17) is 19.4 Å². The van der Waals surface area contributed by atoms with Gasteiger partial charge in [0.05, 0.1) is 0 Å². The number of benzene rings is 7. The van der Waals surface area contributed by atoms with E-state index in [2.05, 4.69) is 162 Å². The van der Waals surface area contributed by atoms with E-state index in [1.54, 1.807) is 0 Å². The van der Waals surface area contributed by atoms with Crippen molar-refractivity contribution in [3.05, 3.63) is 109 Å². The Bertz CT molecular complexity index is 3210. The second-order valence-electron chi connectivity index (χ2n) is 16.6. The van der Waals surface area contributed by atoms with E-state index in [-0.39, 0.29) is 0 Å². The smallest absolute Gasteiger partial charge is 0.192 e. The fourth-order valence-corrected chi connectivity index (χ4v) is 9.68. The predicted octanol–water partition coefficient (Wildman–Crippen LogP) is -6.20. The molecule has 0 saturated carbocycles. The Labute approximate surface area is 354 Å². The summed E-state index contributed by atoms with van der Waals surface area (Å²) in [5, 5.41) is 2.48. The highest BCUT2D eigenvalue weighted by molar-refractivity contribution is 6.85. The zero-order valence-electron chi connectivity index (χ0n) is 35.3. The zero-order chi connectivity index (χ0) is 40.9. The third kappa shape index (κ3) is 5.78. The van der Waals surface area contributed by atoms with E-state index in [1.165, 1.54) is 87.7 Å². The molecule has 1 aliphatic rings. The Kier molecular flexibility index (Phi) is 8.90. The first-order chi connectivity index (χ1) is 28.5. The summed E-state index contributed by atoms with van der Waals surface area (Å²) in [5.41, 5.74) is 26.3. The van der Waals surface area contributed by atoms with Crippen molar-refractivity contribution in [1.29, 1.82) is 0 Å². The molecule has 10 rings (SSSR count). The van der Waals surface area contributed by atoms with E-state index in [0.717, 1.165) is 51.7 Å². The van der Waals surface area contributed by atoms with Gasteiger partial charge in [-0.3, -0.25) is 0 Å². The largest absolute Gasteiger partial charge is 0.457 e. The topological polar surface area (TPSA) is 51.8 Å². The summed E-state index contributed by atoms with van der Waals surface area (Å²) in [5.74, 6) is 1.93. The number of hydrogen-bond donors (Lipinski definition) is 0. The summed E-state index contributed by atoms with van der Waals surface area (Å²) < 4.78 is 7.11. The summed E-state index contributed by atoms with van der Waals surface area (Å²) in [6, 6.07) is 38.1. The van der Waals surface area contributed by atoms with Crippen molar-refractivity contribution in [3.8, 4) is 67.5 Å². The van der Waals surface area contributed by atoms with E-state index < -0.39 is 0 Å². The van der Waals surface area contributed by atoms with E-state index in [1.807, 2.05) is 18.2 Å². The Morgan fingerprint density at radius 3 is 1.32 bits per heavy atom. The van der Waals surface area contributed by atoms with Gasteiger partial charge in [0.1, 0.15) is 81.8 Å². The lowest BCUT2D eigenvalue weighted by molar-refractivity contribution is 0.674. The number of hydrogen-bond acceptors (Lipinski definition) is 4. The van der Waals surface area contributed by atoms with Crippen LogP contribution in [0.1, 0.15) is 0 Å². The van der Waals surface area contributed by atoms with Gasteiger partial charge in [0.2, 0.25) is 0 Å². The fourth-order valence-electron chi connectivity index (χ4n) is 9.68. The molecular formula is C45H37B10N3O. The van der Waals surface area contributed by atoms with Crippen LogP contribution in [0.3, 0.4) is 0 Å². The Morgan fingerprint density at radius 1 is 0.322 bits per heavy atom. The van der Waals surface area contributed by atoms with Crippen molar-refractivity contribution in [2.75, 3.05) is 0 Å². The molecule has 0 fully saturated rings. The SMILES string of the molecule is Bc1c(B)c(B)c2c(c1B)Bc1c(B)c(B)c(B)c3oc4c(B)c(-c5nc(-c6ccccc6)nc(-c6ccc(-c7ccc(-c8ccccc8)cc7)cc6)n5)c(B)c-2c4c13. The Morgan fingerprint density at radius 2 is 0.746 bits per heavy atom. The summed E-state index contributed by atoms with van der Waals surface area (Å²) in [4.78, 5) is 15.8. The van der Waals surface area contributed by atoms with Crippen LogP contribution >= 0.6 is 0 Å². The van der Waals surface area contributed by atoms with Gasteiger partial charge in [-0.05, 0) is 38.8 Å². The molecule has 7 aromatic carbocycles. The van der Waals surface area contributed by atoms with Gasteiger partial charge in [-0.25, -0.2) is 15.0 Å². The van der Waals surface area contributed by atoms with E-state index in [9.17, 15) is 0 Å².